The lowest BCUT2D eigenvalue weighted by atomic mass is 10.1. The Morgan fingerprint density at radius 3 is 2.50 bits per heavy atom. The van der Waals surface area contributed by atoms with Gasteiger partial charge in [-0.3, -0.25) is 4.79 Å². The van der Waals surface area contributed by atoms with Gasteiger partial charge >= 0.3 is 0 Å². The minimum atomic E-state index is -0.0116. The highest BCUT2D eigenvalue weighted by atomic mass is 32.2. The van der Waals surface area contributed by atoms with E-state index in [0.717, 1.165) is 23.0 Å². The van der Waals surface area contributed by atoms with Crippen LogP contribution in [0.3, 0.4) is 0 Å². The maximum atomic E-state index is 12.3. The molecule has 2 aromatic carbocycles. The molecular formula is C22H24N4OS. The SMILES string of the molecule is C[C@@H](NC(=O)CSc1nnc([C@@H]2C[C@@H]2c2ccccc2)n1C)c1ccccc1. The Kier molecular flexibility index (Phi) is 5.48. The van der Waals surface area contributed by atoms with Gasteiger partial charge in [-0.1, -0.05) is 72.4 Å². The van der Waals surface area contributed by atoms with Crippen LogP contribution in [-0.4, -0.2) is 26.4 Å². The summed E-state index contributed by atoms with van der Waals surface area (Å²) in [6, 6.07) is 20.5. The molecule has 0 radical (unpaired) electrons. The smallest absolute Gasteiger partial charge is 0.230 e. The summed E-state index contributed by atoms with van der Waals surface area (Å²) in [5, 5.41) is 12.5. The normalized spacial score (nSPS) is 19.2. The van der Waals surface area contributed by atoms with Gasteiger partial charge in [-0.15, -0.1) is 10.2 Å². The highest BCUT2D eigenvalue weighted by molar-refractivity contribution is 7.99. The van der Waals surface area contributed by atoms with Gasteiger partial charge in [0.15, 0.2) is 5.16 Å². The van der Waals surface area contributed by atoms with Crippen LogP contribution in [0.4, 0.5) is 0 Å². The van der Waals surface area contributed by atoms with E-state index < -0.39 is 0 Å². The van der Waals surface area contributed by atoms with Crippen LogP contribution in [0.25, 0.3) is 0 Å². The maximum Gasteiger partial charge on any atom is 0.230 e. The van der Waals surface area contributed by atoms with E-state index in [1.807, 2.05) is 54.9 Å². The van der Waals surface area contributed by atoms with E-state index in [9.17, 15) is 4.79 Å². The quantitative estimate of drug-likeness (QED) is 0.616. The molecule has 28 heavy (non-hydrogen) atoms. The first-order valence-electron chi connectivity index (χ1n) is 9.55. The maximum absolute atomic E-state index is 12.3. The van der Waals surface area contributed by atoms with Crippen molar-refractivity contribution in [3.05, 3.63) is 77.6 Å². The van der Waals surface area contributed by atoms with Crippen LogP contribution in [0, 0.1) is 0 Å². The van der Waals surface area contributed by atoms with Gasteiger partial charge in [0.25, 0.3) is 0 Å². The van der Waals surface area contributed by atoms with Gasteiger partial charge < -0.3 is 9.88 Å². The molecule has 0 spiro atoms. The molecule has 1 saturated carbocycles. The third kappa shape index (κ3) is 4.12. The number of aromatic nitrogens is 3. The second-order valence-corrected chi connectivity index (χ2v) is 8.19. The summed E-state index contributed by atoms with van der Waals surface area (Å²) in [5.74, 6) is 2.28. The van der Waals surface area contributed by atoms with E-state index in [1.54, 1.807) is 0 Å². The third-order valence-electron chi connectivity index (χ3n) is 5.23. The molecule has 4 rings (SSSR count). The Bertz CT molecular complexity index is 942. The first kappa shape index (κ1) is 18.7. The summed E-state index contributed by atoms with van der Waals surface area (Å²) in [6.45, 7) is 2.00. The lowest BCUT2D eigenvalue weighted by molar-refractivity contribution is -0.119. The van der Waals surface area contributed by atoms with Crippen molar-refractivity contribution in [1.29, 1.82) is 0 Å². The van der Waals surface area contributed by atoms with Crippen LogP contribution in [0.1, 0.15) is 48.2 Å². The topological polar surface area (TPSA) is 59.8 Å². The number of nitrogens with one attached hydrogen (secondary N) is 1. The average molecular weight is 393 g/mol. The number of hydrogen-bond donors (Lipinski definition) is 1. The highest BCUT2D eigenvalue weighted by Gasteiger charge is 2.42. The Morgan fingerprint density at radius 2 is 1.79 bits per heavy atom. The number of benzene rings is 2. The Morgan fingerprint density at radius 1 is 1.11 bits per heavy atom. The van der Waals surface area contributed by atoms with Gasteiger partial charge in [0.1, 0.15) is 5.82 Å². The van der Waals surface area contributed by atoms with Crippen molar-refractivity contribution in [3.8, 4) is 0 Å². The van der Waals surface area contributed by atoms with Gasteiger partial charge in [0.05, 0.1) is 11.8 Å². The van der Waals surface area contributed by atoms with Crippen LogP contribution in [0.2, 0.25) is 0 Å². The van der Waals surface area contributed by atoms with Crippen LogP contribution >= 0.6 is 11.8 Å². The monoisotopic (exact) mass is 392 g/mol. The zero-order chi connectivity index (χ0) is 19.5. The number of carbonyl (C=O) groups is 1. The van der Waals surface area contributed by atoms with E-state index in [-0.39, 0.29) is 11.9 Å². The van der Waals surface area contributed by atoms with E-state index in [1.165, 1.54) is 17.3 Å². The number of nitrogens with zero attached hydrogens (tertiary/aromatic N) is 3. The van der Waals surface area contributed by atoms with Crippen molar-refractivity contribution >= 4 is 17.7 Å². The molecule has 0 unspecified atom stereocenters. The molecule has 0 aliphatic heterocycles. The lowest BCUT2D eigenvalue weighted by Crippen LogP contribution is -2.28. The molecule has 1 N–H and O–H groups in total. The summed E-state index contributed by atoms with van der Waals surface area (Å²) in [7, 11) is 1.99. The molecule has 144 valence electrons. The second-order valence-electron chi connectivity index (χ2n) is 7.25. The number of carbonyl (C=O) groups excluding carboxylic acids is 1. The zero-order valence-corrected chi connectivity index (χ0v) is 16.9. The van der Waals surface area contributed by atoms with Crippen molar-refractivity contribution in [2.45, 2.75) is 36.4 Å². The van der Waals surface area contributed by atoms with E-state index in [0.29, 0.717) is 17.6 Å². The number of amides is 1. The van der Waals surface area contributed by atoms with Crippen molar-refractivity contribution < 1.29 is 4.79 Å². The van der Waals surface area contributed by atoms with Gasteiger partial charge in [0, 0.05) is 13.0 Å². The van der Waals surface area contributed by atoms with Crippen molar-refractivity contribution in [2.75, 3.05) is 5.75 Å². The molecule has 1 heterocycles. The number of rotatable bonds is 7. The summed E-state index contributed by atoms with van der Waals surface area (Å²) < 4.78 is 2.03. The van der Waals surface area contributed by atoms with Crippen LogP contribution < -0.4 is 5.32 Å². The molecular weight excluding hydrogens is 368 g/mol. The Hall–Kier alpha value is -2.60. The van der Waals surface area contributed by atoms with Gasteiger partial charge in [0.2, 0.25) is 5.91 Å². The van der Waals surface area contributed by atoms with E-state index in [4.69, 9.17) is 0 Å². The summed E-state index contributed by atoms with van der Waals surface area (Å²) in [6.07, 6.45) is 1.11. The number of thioether (sulfide) groups is 1. The largest absolute Gasteiger partial charge is 0.349 e. The second kappa shape index (κ2) is 8.19. The molecule has 1 aliphatic carbocycles. The van der Waals surface area contributed by atoms with Crippen LogP contribution in [-0.2, 0) is 11.8 Å². The highest BCUT2D eigenvalue weighted by Crippen LogP contribution is 2.54. The fourth-order valence-electron chi connectivity index (χ4n) is 3.56. The first-order chi connectivity index (χ1) is 13.6. The summed E-state index contributed by atoms with van der Waals surface area (Å²) in [5.41, 5.74) is 2.46. The predicted octanol–water partition coefficient (Wildman–Crippen LogP) is 4.06. The van der Waals surface area contributed by atoms with Crippen molar-refractivity contribution in [3.63, 3.8) is 0 Å². The van der Waals surface area contributed by atoms with Gasteiger partial charge in [-0.2, -0.15) is 0 Å². The van der Waals surface area contributed by atoms with E-state index in [2.05, 4.69) is 39.8 Å². The lowest BCUT2D eigenvalue weighted by Gasteiger charge is -2.14. The molecule has 0 saturated heterocycles. The fourth-order valence-corrected chi connectivity index (χ4v) is 4.29. The average Bonchev–Trinajstić information content (AvgIpc) is 3.44. The van der Waals surface area contributed by atoms with E-state index >= 15 is 0 Å². The molecule has 1 amide bonds. The third-order valence-corrected chi connectivity index (χ3v) is 6.25. The zero-order valence-electron chi connectivity index (χ0n) is 16.1. The Balaban J connectivity index is 1.32. The van der Waals surface area contributed by atoms with Gasteiger partial charge in [-0.25, -0.2) is 0 Å². The molecule has 1 aromatic heterocycles. The fraction of sp³-hybridized carbons (Fsp3) is 0.318. The molecule has 1 fully saturated rings. The molecule has 3 aromatic rings. The van der Waals surface area contributed by atoms with Crippen LogP contribution in [0.15, 0.2) is 65.8 Å². The first-order valence-corrected chi connectivity index (χ1v) is 10.5. The Labute approximate surface area is 169 Å². The standard InChI is InChI=1S/C22H24N4OS/c1-15(16-9-5-3-6-10-16)23-20(27)14-28-22-25-24-21(26(22)2)19-13-18(19)17-11-7-4-8-12-17/h3-12,15,18-19H,13-14H2,1-2H3,(H,23,27)/t15-,18-,19-/m1/s1. The van der Waals surface area contributed by atoms with Crippen molar-refractivity contribution in [2.24, 2.45) is 7.05 Å². The van der Waals surface area contributed by atoms with Crippen LogP contribution in [0.5, 0.6) is 0 Å². The number of hydrogen-bond acceptors (Lipinski definition) is 4. The summed E-state index contributed by atoms with van der Waals surface area (Å²) in [4.78, 5) is 12.3. The van der Waals surface area contributed by atoms with Crippen molar-refractivity contribution in [1.82, 2.24) is 20.1 Å². The molecule has 1 aliphatic rings. The predicted molar refractivity (Wildman–Crippen MR) is 111 cm³/mol. The molecule has 0 bridgehead atoms. The van der Waals surface area contributed by atoms with Gasteiger partial charge in [-0.05, 0) is 30.4 Å². The molecule has 6 heteroatoms. The summed E-state index contributed by atoms with van der Waals surface area (Å²) >= 11 is 1.43. The molecule has 5 nitrogen and oxygen atoms in total. The molecule has 3 atom stereocenters. The minimum absolute atomic E-state index is 0.000475. The minimum Gasteiger partial charge on any atom is -0.349 e.